The van der Waals surface area contributed by atoms with Gasteiger partial charge >= 0.3 is 6.09 Å². The van der Waals surface area contributed by atoms with E-state index < -0.39 is 16.1 Å². The first kappa shape index (κ1) is 19.6. The highest BCUT2D eigenvalue weighted by molar-refractivity contribution is 7.89. The normalized spacial score (nSPS) is 18.9. The van der Waals surface area contributed by atoms with Gasteiger partial charge in [-0.3, -0.25) is 4.79 Å². The molecule has 4 rings (SSSR count). The molecule has 0 bridgehead atoms. The maximum Gasteiger partial charge on any atom is 0.417 e. The Labute approximate surface area is 169 Å². The number of imide groups is 1. The Balaban J connectivity index is 1.46. The van der Waals surface area contributed by atoms with E-state index in [2.05, 4.69) is 0 Å². The van der Waals surface area contributed by atoms with Gasteiger partial charge in [-0.1, -0.05) is 42.0 Å². The molecule has 0 atom stereocenters. The van der Waals surface area contributed by atoms with Gasteiger partial charge in [-0.25, -0.2) is 18.1 Å². The third-order valence-corrected chi connectivity index (χ3v) is 7.36. The van der Waals surface area contributed by atoms with E-state index in [4.69, 9.17) is 4.74 Å². The van der Waals surface area contributed by atoms with Gasteiger partial charge in [0.2, 0.25) is 10.0 Å². The minimum absolute atomic E-state index is 0.231. The van der Waals surface area contributed by atoms with Crippen molar-refractivity contribution in [3.8, 4) is 11.1 Å². The Morgan fingerprint density at radius 1 is 0.897 bits per heavy atom. The van der Waals surface area contributed by atoms with Crippen LogP contribution in [0, 0.1) is 6.92 Å². The van der Waals surface area contributed by atoms with E-state index in [9.17, 15) is 18.0 Å². The van der Waals surface area contributed by atoms with Crippen LogP contribution in [0.4, 0.5) is 4.79 Å². The Hall–Kier alpha value is -2.71. The summed E-state index contributed by atoms with van der Waals surface area (Å²) in [6, 6.07) is 14.6. The standard InChI is InChI=1S/C21H22N2O5S/c1-15-2-4-16(5-3-15)17-6-8-19(9-7-17)29(26,27)22-12-10-18(11-13-22)23-20(24)14-28-21(23)25/h2-9,18H,10-14H2,1H3. The van der Waals surface area contributed by atoms with Crippen molar-refractivity contribution < 1.29 is 22.7 Å². The number of hydrogen-bond donors (Lipinski definition) is 0. The average molecular weight is 414 g/mol. The van der Waals surface area contributed by atoms with Crippen LogP contribution in [0.5, 0.6) is 0 Å². The van der Waals surface area contributed by atoms with Gasteiger partial charge in [0.1, 0.15) is 0 Å². The zero-order chi connectivity index (χ0) is 20.6. The van der Waals surface area contributed by atoms with Crippen LogP contribution in [0.1, 0.15) is 18.4 Å². The van der Waals surface area contributed by atoms with Gasteiger partial charge in [0.15, 0.2) is 6.61 Å². The van der Waals surface area contributed by atoms with E-state index in [1.54, 1.807) is 12.1 Å². The molecular weight excluding hydrogens is 392 g/mol. The predicted octanol–water partition coefficient (Wildman–Crippen LogP) is 2.79. The maximum absolute atomic E-state index is 13.0. The lowest BCUT2D eigenvalue weighted by atomic mass is 10.0. The Kier molecular flexibility index (Phi) is 5.14. The number of sulfonamides is 1. The first-order chi connectivity index (χ1) is 13.9. The molecule has 2 heterocycles. The second-order valence-electron chi connectivity index (χ2n) is 7.34. The lowest BCUT2D eigenvalue weighted by Gasteiger charge is -2.34. The minimum Gasteiger partial charge on any atom is -0.439 e. The third-order valence-electron chi connectivity index (χ3n) is 5.45. The number of carbonyl (C=O) groups excluding carboxylic acids is 2. The summed E-state index contributed by atoms with van der Waals surface area (Å²) in [7, 11) is -3.63. The van der Waals surface area contributed by atoms with Gasteiger partial charge in [0.05, 0.1) is 4.90 Å². The largest absolute Gasteiger partial charge is 0.439 e. The lowest BCUT2D eigenvalue weighted by Crippen LogP contribution is -2.48. The monoisotopic (exact) mass is 414 g/mol. The van der Waals surface area contributed by atoms with Crippen LogP contribution in [0.15, 0.2) is 53.4 Å². The van der Waals surface area contributed by atoms with E-state index in [-0.39, 0.29) is 36.5 Å². The molecule has 8 heteroatoms. The van der Waals surface area contributed by atoms with Crippen molar-refractivity contribution in [1.82, 2.24) is 9.21 Å². The number of benzene rings is 2. The summed E-state index contributed by atoms with van der Waals surface area (Å²) in [4.78, 5) is 24.9. The third kappa shape index (κ3) is 3.77. The van der Waals surface area contributed by atoms with Gasteiger partial charge in [-0.05, 0) is 43.0 Å². The number of hydrogen-bond acceptors (Lipinski definition) is 5. The van der Waals surface area contributed by atoms with Crippen molar-refractivity contribution in [2.75, 3.05) is 19.7 Å². The maximum atomic E-state index is 13.0. The number of cyclic esters (lactones) is 1. The van der Waals surface area contributed by atoms with Crippen LogP contribution in [0.2, 0.25) is 0 Å². The summed E-state index contributed by atoms with van der Waals surface area (Å²) in [5.41, 5.74) is 3.15. The zero-order valence-electron chi connectivity index (χ0n) is 16.1. The molecule has 29 heavy (non-hydrogen) atoms. The predicted molar refractivity (Wildman–Crippen MR) is 107 cm³/mol. The molecule has 0 spiro atoms. The van der Waals surface area contributed by atoms with E-state index in [0.717, 1.165) is 16.0 Å². The van der Waals surface area contributed by atoms with E-state index in [1.165, 1.54) is 9.87 Å². The fourth-order valence-electron chi connectivity index (χ4n) is 3.77. The van der Waals surface area contributed by atoms with Crippen molar-refractivity contribution in [3.05, 3.63) is 54.1 Å². The minimum atomic E-state index is -3.63. The molecule has 2 saturated heterocycles. The highest BCUT2D eigenvalue weighted by Gasteiger charge is 2.40. The number of amides is 2. The summed E-state index contributed by atoms with van der Waals surface area (Å²) in [5.74, 6) is -0.358. The van der Waals surface area contributed by atoms with E-state index in [0.29, 0.717) is 12.8 Å². The molecule has 0 aromatic heterocycles. The van der Waals surface area contributed by atoms with Crippen LogP contribution in [-0.4, -0.2) is 55.4 Å². The second kappa shape index (κ2) is 7.61. The number of ether oxygens (including phenoxy) is 1. The highest BCUT2D eigenvalue weighted by atomic mass is 32.2. The van der Waals surface area contributed by atoms with Crippen LogP contribution < -0.4 is 0 Å². The number of rotatable bonds is 4. The highest BCUT2D eigenvalue weighted by Crippen LogP contribution is 2.27. The molecule has 2 aromatic carbocycles. The summed E-state index contributed by atoms with van der Waals surface area (Å²) < 4.78 is 32.1. The van der Waals surface area contributed by atoms with Crippen molar-refractivity contribution in [2.45, 2.75) is 30.7 Å². The first-order valence-corrected chi connectivity index (χ1v) is 11.0. The average Bonchev–Trinajstić information content (AvgIpc) is 3.07. The molecular formula is C21H22N2O5S. The molecule has 2 amide bonds. The van der Waals surface area contributed by atoms with Crippen molar-refractivity contribution in [2.24, 2.45) is 0 Å². The molecule has 152 valence electrons. The van der Waals surface area contributed by atoms with Crippen molar-refractivity contribution in [1.29, 1.82) is 0 Å². The quantitative estimate of drug-likeness (QED) is 0.768. The fraction of sp³-hybridized carbons (Fsp3) is 0.333. The fourth-order valence-corrected chi connectivity index (χ4v) is 5.24. The molecule has 0 N–H and O–H groups in total. The van der Waals surface area contributed by atoms with Crippen molar-refractivity contribution >= 4 is 22.0 Å². The van der Waals surface area contributed by atoms with Gasteiger partial charge in [-0.15, -0.1) is 0 Å². The molecule has 2 aromatic rings. The van der Waals surface area contributed by atoms with Crippen LogP contribution >= 0.6 is 0 Å². The van der Waals surface area contributed by atoms with Crippen LogP contribution in [0.3, 0.4) is 0 Å². The first-order valence-electron chi connectivity index (χ1n) is 9.52. The summed E-state index contributed by atoms with van der Waals surface area (Å²) in [5, 5.41) is 0. The Morgan fingerprint density at radius 3 is 1.97 bits per heavy atom. The molecule has 0 unspecified atom stereocenters. The summed E-state index contributed by atoms with van der Waals surface area (Å²) in [6.45, 7) is 2.30. The smallest absolute Gasteiger partial charge is 0.417 e. The SMILES string of the molecule is Cc1ccc(-c2ccc(S(=O)(=O)N3CCC(N4C(=O)COC4=O)CC3)cc2)cc1. The van der Waals surface area contributed by atoms with Crippen LogP contribution in [-0.2, 0) is 19.6 Å². The molecule has 0 radical (unpaired) electrons. The van der Waals surface area contributed by atoms with Crippen LogP contribution in [0.25, 0.3) is 11.1 Å². The summed E-state index contributed by atoms with van der Waals surface area (Å²) >= 11 is 0. The number of aryl methyl sites for hydroxylation is 1. The topological polar surface area (TPSA) is 84.0 Å². The number of piperidine rings is 1. The summed E-state index contributed by atoms with van der Waals surface area (Å²) in [6.07, 6.45) is 0.172. The number of nitrogens with zero attached hydrogens (tertiary/aromatic N) is 2. The molecule has 7 nitrogen and oxygen atoms in total. The van der Waals surface area contributed by atoms with E-state index in [1.807, 2.05) is 43.3 Å². The van der Waals surface area contributed by atoms with Gasteiger partial charge in [0.25, 0.3) is 5.91 Å². The Bertz CT molecular complexity index is 1010. The van der Waals surface area contributed by atoms with Gasteiger partial charge in [0, 0.05) is 19.1 Å². The van der Waals surface area contributed by atoms with Gasteiger partial charge in [-0.2, -0.15) is 4.31 Å². The molecule has 0 aliphatic carbocycles. The van der Waals surface area contributed by atoms with E-state index >= 15 is 0 Å². The molecule has 2 fully saturated rings. The van der Waals surface area contributed by atoms with Gasteiger partial charge < -0.3 is 4.74 Å². The molecule has 2 aliphatic heterocycles. The second-order valence-corrected chi connectivity index (χ2v) is 9.28. The van der Waals surface area contributed by atoms with Crippen molar-refractivity contribution in [3.63, 3.8) is 0 Å². The molecule has 2 aliphatic rings. The Morgan fingerprint density at radius 2 is 1.45 bits per heavy atom. The lowest BCUT2D eigenvalue weighted by molar-refractivity contribution is -0.127. The number of carbonyl (C=O) groups is 2. The zero-order valence-corrected chi connectivity index (χ0v) is 16.9. The molecule has 0 saturated carbocycles.